The quantitative estimate of drug-likeness (QED) is 0.448. The second-order valence-corrected chi connectivity index (χ2v) is 6.78. The van der Waals surface area contributed by atoms with Crippen molar-refractivity contribution in [1.82, 2.24) is 16.3 Å². The van der Waals surface area contributed by atoms with Crippen LogP contribution in [0.1, 0.15) is 43.9 Å². The first-order valence-corrected chi connectivity index (χ1v) is 9.99. The average molecular weight is 396 g/mol. The van der Waals surface area contributed by atoms with E-state index in [0.717, 1.165) is 29.0 Å². The number of carbonyl (C=O) groups is 1. The molecule has 29 heavy (non-hydrogen) atoms. The molecule has 0 saturated carbocycles. The molecular weight excluding hydrogens is 368 g/mol. The first-order chi connectivity index (χ1) is 14.2. The summed E-state index contributed by atoms with van der Waals surface area (Å²) in [5.74, 6) is 1.50. The lowest BCUT2D eigenvalue weighted by Crippen LogP contribution is -2.41. The SMILES string of the molecule is CCCOc1ccc(/C=N/NC(=O)C2CC(c3ccc(OCC)cc3)NN2)cc1. The van der Waals surface area contributed by atoms with Crippen molar-refractivity contribution in [2.45, 2.75) is 38.8 Å². The van der Waals surface area contributed by atoms with E-state index in [1.165, 1.54) is 0 Å². The number of benzene rings is 2. The van der Waals surface area contributed by atoms with E-state index in [1.807, 2.05) is 55.5 Å². The Morgan fingerprint density at radius 3 is 2.45 bits per heavy atom. The summed E-state index contributed by atoms with van der Waals surface area (Å²) >= 11 is 0. The minimum absolute atomic E-state index is 0.0565. The number of ether oxygens (including phenoxy) is 2. The van der Waals surface area contributed by atoms with Crippen LogP contribution in [0.3, 0.4) is 0 Å². The van der Waals surface area contributed by atoms with Gasteiger partial charge in [0.25, 0.3) is 5.91 Å². The van der Waals surface area contributed by atoms with Crippen LogP contribution in [0, 0.1) is 0 Å². The van der Waals surface area contributed by atoms with E-state index in [4.69, 9.17) is 9.47 Å². The molecule has 0 radical (unpaired) electrons. The molecule has 1 fully saturated rings. The van der Waals surface area contributed by atoms with Crippen molar-refractivity contribution in [3.8, 4) is 11.5 Å². The third-order valence-electron chi connectivity index (χ3n) is 4.55. The number of hydrogen-bond donors (Lipinski definition) is 3. The summed E-state index contributed by atoms with van der Waals surface area (Å²) in [7, 11) is 0. The van der Waals surface area contributed by atoms with E-state index >= 15 is 0 Å². The lowest BCUT2D eigenvalue weighted by Gasteiger charge is -2.10. The Labute approximate surface area is 171 Å². The first kappa shape index (κ1) is 20.8. The van der Waals surface area contributed by atoms with Gasteiger partial charge in [-0.1, -0.05) is 19.1 Å². The maximum absolute atomic E-state index is 12.4. The van der Waals surface area contributed by atoms with E-state index in [0.29, 0.717) is 19.6 Å². The highest BCUT2D eigenvalue weighted by Gasteiger charge is 2.30. The molecule has 0 aliphatic carbocycles. The maximum atomic E-state index is 12.4. The highest BCUT2D eigenvalue weighted by Crippen LogP contribution is 2.24. The molecule has 1 amide bonds. The zero-order valence-corrected chi connectivity index (χ0v) is 16.9. The number of carbonyl (C=O) groups excluding carboxylic acids is 1. The monoisotopic (exact) mass is 396 g/mol. The molecule has 1 heterocycles. The number of nitrogens with zero attached hydrogens (tertiary/aromatic N) is 1. The van der Waals surface area contributed by atoms with Crippen molar-refractivity contribution in [2.24, 2.45) is 5.10 Å². The third kappa shape index (κ3) is 6.04. The van der Waals surface area contributed by atoms with Crippen LogP contribution in [-0.2, 0) is 4.79 Å². The zero-order chi connectivity index (χ0) is 20.5. The molecule has 7 nitrogen and oxygen atoms in total. The van der Waals surface area contributed by atoms with Crippen LogP contribution in [0.4, 0.5) is 0 Å². The van der Waals surface area contributed by atoms with E-state index < -0.39 is 0 Å². The predicted molar refractivity (Wildman–Crippen MR) is 113 cm³/mol. The van der Waals surface area contributed by atoms with Crippen LogP contribution in [0.25, 0.3) is 0 Å². The second-order valence-electron chi connectivity index (χ2n) is 6.78. The second kappa shape index (κ2) is 10.6. The van der Waals surface area contributed by atoms with Gasteiger partial charge in [-0.25, -0.2) is 16.3 Å². The van der Waals surface area contributed by atoms with Gasteiger partial charge in [0.1, 0.15) is 17.5 Å². The Kier molecular flexibility index (Phi) is 7.61. The van der Waals surface area contributed by atoms with E-state index in [2.05, 4.69) is 28.3 Å². The molecule has 2 aromatic rings. The molecule has 2 atom stereocenters. The van der Waals surface area contributed by atoms with Crippen molar-refractivity contribution in [3.63, 3.8) is 0 Å². The molecule has 154 valence electrons. The lowest BCUT2D eigenvalue weighted by molar-refractivity contribution is -0.122. The van der Waals surface area contributed by atoms with Crippen LogP contribution >= 0.6 is 0 Å². The molecular formula is C22H28N4O3. The predicted octanol–water partition coefficient (Wildman–Crippen LogP) is 2.93. The van der Waals surface area contributed by atoms with Gasteiger partial charge in [-0.05, 0) is 67.3 Å². The lowest BCUT2D eigenvalue weighted by atomic mass is 10.0. The Hall–Kier alpha value is -2.90. The van der Waals surface area contributed by atoms with Crippen LogP contribution in [0.15, 0.2) is 53.6 Å². The minimum atomic E-state index is -0.353. The molecule has 3 rings (SSSR count). The molecule has 0 aromatic heterocycles. The number of hydrazine groups is 1. The third-order valence-corrected chi connectivity index (χ3v) is 4.55. The van der Waals surface area contributed by atoms with Gasteiger partial charge in [0.2, 0.25) is 0 Å². The van der Waals surface area contributed by atoms with Gasteiger partial charge in [0, 0.05) is 6.04 Å². The summed E-state index contributed by atoms with van der Waals surface area (Å²) < 4.78 is 11.0. The Morgan fingerprint density at radius 2 is 1.76 bits per heavy atom. The van der Waals surface area contributed by atoms with Crippen molar-refractivity contribution in [3.05, 3.63) is 59.7 Å². The molecule has 1 saturated heterocycles. The van der Waals surface area contributed by atoms with Crippen LogP contribution in [0.5, 0.6) is 11.5 Å². The molecule has 1 aliphatic heterocycles. The normalized spacial score (nSPS) is 18.7. The molecule has 7 heteroatoms. The number of rotatable bonds is 9. The first-order valence-electron chi connectivity index (χ1n) is 9.99. The Balaban J connectivity index is 1.47. The van der Waals surface area contributed by atoms with E-state index in [-0.39, 0.29) is 18.0 Å². The number of hydrazone groups is 1. The van der Waals surface area contributed by atoms with Gasteiger partial charge in [-0.2, -0.15) is 5.10 Å². The smallest absolute Gasteiger partial charge is 0.258 e. The topological polar surface area (TPSA) is 84.0 Å². The minimum Gasteiger partial charge on any atom is -0.494 e. The van der Waals surface area contributed by atoms with E-state index in [1.54, 1.807) is 6.21 Å². The molecule has 0 bridgehead atoms. The largest absolute Gasteiger partial charge is 0.494 e. The average Bonchev–Trinajstić information content (AvgIpc) is 3.24. The molecule has 3 N–H and O–H groups in total. The van der Waals surface area contributed by atoms with Crippen molar-refractivity contribution in [2.75, 3.05) is 13.2 Å². The summed E-state index contributed by atoms with van der Waals surface area (Å²) in [5.41, 5.74) is 10.8. The number of hydrogen-bond acceptors (Lipinski definition) is 6. The molecule has 1 aliphatic rings. The van der Waals surface area contributed by atoms with Gasteiger partial charge < -0.3 is 9.47 Å². The van der Waals surface area contributed by atoms with Gasteiger partial charge in [-0.3, -0.25) is 4.79 Å². The summed E-state index contributed by atoms with van der Waals surface area (Å²) in [6, 6.07) is 15.2. The summed E-state index contributed by atoms with van der Waals surface area (Å²) in [4.78, 5) is 12.4. The van der Waals surface area contributed by atoms with Crippen molar-refractivity contribution in [1.29, 1.82) is 0 Å². The summed E-state index contributed by atoms with van der Waals surface area (Å²) in [6.45, 7) is 5.36. The van der Waals surface area contributed by atoms with Gasteiger partial charge in [0.15, 0.2) is 0 Å². The van der Waals surface area contributed by atoms with Crippen LogP contribution < -0.4 is 25.8 Å². The maximum Gasteiger partial charge on any atom is 0.258 e. The molecule has 2 unspecified atom stereocenters. The zero-order valence-electron chi connectivity index (χ0n) is 16.9. The fourth-order valence-corrected chi connectivity index (χ4v) is 3.03. The Morgan fingerprint density at radius 1 is 1.07 bits per heavy atom. The van der Waals surface area contributed by atoms with Gasteiger partial charge in [-0.15, -0.1) is 0 Å². The number of amides is 1. The molecule has 0 spiro atoms. The van der Waals surface area contributed by atoms with E-state index in [9.17, 15) is 4.79 Å². The standard InChI is InChI=1S/C22H28N4O3/c1-3-13-29-19-9-5-16(6-10-19)15-23-26-22(27)21-14-20(24-25-21)17-7-11-18(12-8-17)28-4-2/h5-12,15,20-21,24-25H,3-4,13-14H2,1-2H3,(H,26,27)/b23-15+. The fraction of sp³-hybridized carbons (Fsp3) is 0.364. The summed E-state index contributed by atoms with van der Waals surface area (Å²) in [6.07, 6.45) is 3.23. The van der Waals surface area contributed by atoms with Crippen LogP contribution in [0.2, 0.25) is 0 Å². The van der Waals surface area contributed by atoms with Gasteiger partial charge in [0.05, 0.1) is 19.4 Å². The Bertz CT molecular complexity index is 806. The highest BCUT2D eigenvalue weighted by atomic mass is 16.5. The fourth-order valence-electron chi connectivity index (χ4n) is 3.03. The summed E-state index contributed by atoms with van der Waals surface area (Å²) in [5, 5.41) is 4.06. The van der Waals surface area contributed by atoms with Crippen molar-refractivity contribution < 1.29 is 14.3 Å². The van der Waals surface area contributed by atoms with Crippen molar-refractivity contribution >= 4 is 12.1 Å². The number of nitrogens with one attached hydrogen (secondary N) is 3. The highest BCUT2D eigenvalue weighted by molar-refractivity contribution is 5.85. The van der Waals surface area contributed by atoms with Gasteiger partial charge >= 0.3 is 0 Å². The van der Waals surface area contributed by atoms with Crippen LogP contribution in [-0.4, -0.2) is 31.4 Å². The molecule has 2 aromatic carbocycles.